The van der Waals surface area contributed by atoms with Crippen LogP contribution in [0.2, 0.25) is 10.0 Å². The average Bonchev–Trinajstić information content (AvgIpc) is 3.50. The fourth-order valence-corrected chi connectivity index (χ4v) is 11.5. The van der Waals surface area contributed by atoms with Gasteiger partial charge in [0, 0.05) is 59.0 Å². The average molecular weight is 1090 g/mol. The maximum absolute atomic E-state index is 14.4. The Hall–Kier alpha value is -7.47. The van der Waals surface area contributed by atoms with E-state index in [9.17, 15) is 52.6 Å². The molecule has 0 bridgehead atoms. The molecule has 6 aromatic rings. The highest BCUT2D eigenvalue weighted by Crippen LogP contribution is 2.49. The summed E-state index contributed by atoms with van der Waals surface area (Å²) in [7, 11) is 3.26. The number of ketones is 2. The largest absolute Gasteiger partial charge is 0.483 e. The van der Waals surface area contributed by atoms with Gasteiger partial charge in [-0.15, -0.1) is 0 Å². The van der Waals surface area contributed by atoms with Crippen LogP contribution >= 0.6 is 23.2 Å². The Balaban J connectivity index is 0.000000188. The number of pyridine rings is 2. The van der Waals surface area contributed by atoms with Crippen LogP contribution in [0.1, 0.15) is 102 Å². The summed E-state index contributed by atoms with van der Waals surface area (Å²) in [5, 5.41) is 19.1. The van der Waals surface area contributed by atoms with Crippen molar-refractivity contribution in [2.24, 2.45) is 11.8 Å². The van der Waals surface area contributed by atoms with Gasteiger partial charge in [0.1, 0.15) is 24.8 Å². The van der Waals surface area contributed by atoms with Crippen LogP contribution in [0.5, 0.6) is 11.5 Å². The van der Waals surface area contributed by atoms with Crippen molar-refractivity contribution in [1.29, 1.82) is 0 Å². The second-order valence-electron chi connectivity index (χ2n) is 20.3. The number of aliphatic carboxylic acids is 1. The number of hydrogen-bond acceptors (Lipinski definition) is 10. The Morgan fingerprint density at radius 1 is 0.610 bits per heavy atom. The summed E-state index contributed by atoms with van der Waals surface area (Å²) in [6.07, 6.45) is 4.24. The van der Waals surface area contributed by atoms with Crippen molar-refractivity contribution in [3.63, 3.8) is 0 Å². The zero-order valence-corrected chi connectivity index (χ0v) is 43.6. The SMILES string of the molecule is CN1CC2(CC(C(=O)O)C2)n2cc(C(=O)CCc3cccc(Cl)c3F)c(=O)c(OCc3ccccc3)c2C1=O.CN1CC2(CC(CO)C2)n2cc(C(=O)CCc3cccc(Cl)c3F)c(=O)c(OCc3ccccc3)c2C1=O. The lowest BCUT2D eigenvalue weighted by atomic mass is 9.66. The number of fused-ring (bicyclic) bond motifs is 4. The molecule has 19 heteroatoms. The van der Waals surface area contributed by atoms with Crippen LogP contribution in [-0.2, 0) is 41.9 Å². The van der Waals surface area contributed by atoms with E-state index in [1.807, 2.05) is 48.5 Å². The molecule has 2 aliphatic carbocycles. The topological polar surface area (TPSA) is 195 Å². The third-order valence-electron chi connectivity index (χ3n) is 15.1. The van der Waals surface area contributed by atoms with E-state index in [0.29, 0.717) is 19.4 Å². The molecule has 2 aliphatic heterocycles. The van der Waals surface area contributed by atoms with E-state index in [1.54, 1.807) is 58.5 Å². The lowest BCUT2D eigenvalue weighted by molar-refractivity contribution is -0.150. The summed E-state index contributed by atoms with van der Waals surface area (Å²) in [5.41, 5.74) is -0.886. The fraction of sp³-hybridized carbons (Fsp3) is 0.328. The number of ether oxygens (including phenoxy) is 2. The first-order valence-electron chi connectivity index (χ1n) is 25.1. The summed E-state index contributed by atoms with van der Waals surface area (Å²) in [6, 6.07) is 27.4. The van der Waals surface area contributed by atoms with E-state index in [-0.39, 0.29) is 132 Å². The van der Waals surface area contributed by atoms with Gasteiger partial charge in [-0.25, -0.2) is 8.78 Å². The van der Waals surface area contributed by atoms with Gasteiger partial charge in [-0.1, -0.05) is 108 Å². The van der Waals surface area contributed by atoms with Crippen molar-refractivity contribution in [3.8, 4) is 11.5 Å². The van der Waals surface area contributed by atoms with E-state index >= 15 is 0 Å². The smallest absolute Gasteiger partial charge is 0.306 e. The van der Waals surface area contributed by atoms with E-state index in [2.05, 4.69) is 0 Å². The number of aromatic nitrogens is 2. The first-order chi connectivity index (χ1) is 36.8. The second-order valence-corrected chi connectivity index (χ2v) is 21.1. The Morgan fingerprint density at radius 2 is 1.01 bits per heavy atom. The molecule has 2 aromatic heterocycles. The molecule has 77 heavy (non-hydrogen) atoms. The van der Waals surface area contributed by atoms with Crippen LogP contribution in [0, 0.1) is 23.5 Å². The third kappa shape index (κ3) is 10.7. The van der Waals surface area contributed by atoms with E-state index in [4.69, 9.17) is 32.7 Å². The Labute approximate surface area is 451 Å². The zero-order chi connectivity index (χ0) is 54.9. The number of aryl methyl sites for hydroxylation is 2. The lowest BCUT2D eigenvalue weighted by Crippen LogP contribution is -2.60. The lowest BCUT2D eigenvalue weighted by Gasteiger charge is -2.53. The highest BCUT2D eigenvalue weighted by molar-refractivity contribution is 6.31. The quantitative estimate of drug-likeness (QED) is 0.0883. The molecule has 2 fully saturated rings. The number of carbonyl (C=O) groups excluding carboxylic acids is 4. The maximum atomic E-state index is 14.4. The van der Waals surface area contributed by atoms with Crippen LogP contribution in [0.4, 0.5) is 8.78 Å². The number of carboxylic acids is 1. The molecule has 4 aromatic carbocycles. The van der Waals surface area contributed by atoms with Crippen LogP contribution in [-0.4, -0.2) is 92.3 Å². The van der Waals surface area contributed by atoms with Crippen molar-refractivity contribution in [3.05, 3.63) is 196 Å². The molecule has 2 spiro atoms. The standard InChI is InChI=1S/C29H26ClFN2O6.C29H28ClFN2O5/c1-32-16-29(12-19(13-29)28(37)38)33-14-20(22(34)11-10-18-8-5-9-21(30)23(18)31)25(35)26(24(33)27(32)36)39-15-17-6-3-2-4-7-17;1-32-17-29(12-19(13-29)15-34)33-14-21(23(35)11-10-20-8-5-9-22(30)24(20)31)26(36)27(25(33)28(32)37)38-16-18-6-3-2-4-7-18/h2-9,14,19H,10-13,15-16H2,1H3,(H,37,38);2-9,14,19,34H,10-13,15-17H2,1H3. The first-order valence-corrected chi connectivity index (χ1v) is 25.8. The molecule has 10 rings (SSSR count). The number of aliphatic hydroxyl groups is 1. The first kappa shape index (κ1) is 54.3. The van der Waals surface area contributed by atoms with Crippen LogP contribution in [0.15, 0.2) is 119 Å². The number of carbonyl (C=O) groups is 5. The third-order valence-corrected chi connectivity index (χ3v) is 15.7. The minimum atomic E-state index is -0.942. The number of rotatable bonds is 16. The monoisotopic (exact) mass is 1090 g/mol. The molecule has 4 aliphatic rings. The van der Waals surface area contributed by atoms with Crippen LogP contribution in [0.3, 0.4) is 0 Å². The van der Waals surface area contributed by atoms with E-state index < -0.39 is 62.9 Å². The summed E-state index contributed by atoms with van der Waals surface area (Å²) >= 11 is 11.7. The van der Waals surface area contributed by atoms with Gasteiger partial charge in [0.05, 0.1) is 38.2 Å². The van der Waals surface area contributed by atoms with Gasteiger partial charge in [0.25, 0.3) is 11.8 Å². The van der Waals surface area contributed by atoms with Crippen molar-refractivity contribution in [2.45, 2.75) is 75.7 Å². The summed E-state index contributed by atoms with van der Waals surface area (Å²) in [5.74, 6) is -4.99. The minimum Gasteiger partial charge on any atom is -0.483 e. The molecule has 0 saturated heterocycles. The van der Waals surface area contributed by atoms with Crippen LogP contribution < -0.4 is 20.3 Å². The van der Waals surface area contributed by atoms with Gasteiger partial charge in [0.2, 0.25) is 10.9 Å². The van der Waals surface area contributed by atoms with Crippen molar-refractivity contribution >= 4 is 52.6 Å². The highest BCUT2D eigenvalue weighted by Gasteiger charge is 2.55. The number of benzene rings is 4. The van der Waals surface area contributed by atoms with Gasteiger partial charge < -0.3 is 38.6 Å². The number of carboxylic acid groups (broad SMARTS) is 1. The number of aliphatic hydroxyl groups excluding tert-OH is 1. The van der Waals surface area contributed by atoms with Crippen molar-refractivity contribution in [2.75, 3.05) is 33.8 Å². The number of halogens is 4. The minimum absolute atomic E-state index is 0.00837. The van der Waals surface area contributed by atoms with Crippen molar-refractivity contribution in [1.82, 2.24) is 18.9 Å². The molecular weight excluding hydrogens is 1040 g/mol. The molecule has 0 unspecified atom stereocenters. The number of likely N-dealkylation sites (N-methyl/N-ethyl adjacent to an activating group) is 2. The summed E-state index contributed by atoms with van der Waals surface area (Å²) < 4.78 is 44.0. The molecule has 0 atom stereocenters. The normalized spacial score (nSPS) is 20.1. The Kier molecular flexibility index (Phi) is 15.7. The molecule has 2 saturated carbocycles. The maximum Gasteiger partial charge on any atom is 0.306 e. The van der Waals surface area contributed by atoms with E-state index in [0.717, 1.165) is 11.1 Å². The summed E-state index contributed by atoms with van der Waals surface area (Å²) in [4.78, 5) is 95.4. The zero-order valence-electron chi connectivity index (χ0n) is 42.1. The highest BCUT2D eigenvalue weighted by atomic mass is 35.5. The number of hydrogen-bond donors (Lipinski definition) is 2. The number of Topliss-reactive ketones (excluding diaryl/α,β-unsaturated/α-hetero) is 2. The molecule has 4 heterocycles. The predicted molar refractivity (Wildman–Crippen MR) is 281 cm³/mol. The van der Waals surface area contributed by atoms with Crippen LogP contribution in [0.25, 0.3) is 0 Å². The van der Waals surface area contributed by atoms with Gasteiger partial charge >= 0.3 is 5.97 Å². The Morgan fingerprint density at radius 3 is 1.40 bits per heavy atom. The molecular formula is C58H54Cl2F2N4O11. The fourth-order valence-electron chi connectivity index (χ4n) is 11.1. The molecule has 0 radical (unpaired) electrons. The van der Waals surface area contributed by atoms with Gasteiger partial charge in [0.15, 0.2) is 34.5 Å². The predicted octanol–water partition coefficient (Wildman–Crippen LogP) is 8.53. The molecule has 15 nitrogen and oxygen atoms in total. The molecule has 400 valence electrons. The van der Waals surface area contributed by atoms with Crippen molar-refractivity contribution < 1.29 is 52.4 Å². The van der Waals surface area contributed by atoms with E-state index in [1.165, 1.54) is 35.5 Å². The Bertz CT molecular complexity index is 3430. The van der Waals surface area contributed by atoms with Gasteiger partial charge in [-0.3, -0.25) is 33.6 Å². The number of nitrogens with zero attached hydrogens (tertiary/aromatic N) is 4. The van der Waals surface area contributed by atoms with Gasteiger partial charge in [-0.05, 0) is 78.8 Å². The number of amides is 2. The van der Waals surface area contributed by atoms with Gasteiger partial charge in [-0.2, -0.15) is 0 Å². The molecule has 2 N–H and O–H groups in total. The molecule has 2 amide bonds. The summed E-state index contributed by atoms with van der Waals surface area (Å²) in [6.45, 7) is 0.653. The second kappa shape index (κ2) is 22.2.